The van der Waals surface area contributed by atoms with Crippen molar-refractivity contribution in [3.63, 3.8) is 0 Å². The molecule has 0 saturated heterocycles. The van der Waals surface area contributed by atoms with E-state index in [0.717, 1.165) is 0 Å². The molecule has 2 unspecified atom stereocenters. The van der Waals surface area contributed by atoms with Gasteiger partial charge in [-0.05, 0) is 18.1 Å². The number of halogens is 2. The van der Waals surface area contributed by atoms with Crippen molar-refractivity contribution < 1.29 is 15.1 Å². The van der Waals surface area contributed by atoms with Gasteiger partial charge in [-0.1, -0.05) is 33.6 Å². The highest BCUT2D eigenvalue weighted by Gasteiger charge is 2.21. The molecule has 0 heterocycles. The van der Waals surface area contributed by atoms with Crippen LogP contribution in [0.25, 0.3) is 0 Å². The molecule has 0 aliphatic carbocycles. The quantitative estimate of drug-likeness (QED) is 0.495. The molecule has 0 aliphatic heterocycles. The van der Waals surface area contributed by atoms with Crippen LogP contribution in [-0.4, -0.2) is 26.6 Å². The topological polar surface area (TPSA) is 83.6 Å². The summed E-state index contributed by atoms with van der Waals surface area (Å²) in [5.41, 5.74) is -0.0104. The van der Waals surface area contributed by atoms with Crippen molar-refractivity contribution in [3.8, 4) is 0 Å². The van der Waals surface area contributed by atoms with Crippen molar-refractivity contribution >= 4 is 33.2 Å². The second-order valence-corrected chi connectivity index (χ2v) is 4.66. The van der Waals surface area contributed by atoms with Crippen molar-refractivity contribution in [2.45, 2.75) is 18.6 Å². The van der Waals surface area contributed by atoms with E-state index in [0.29, 0.717) is 11.8 Å². The van der Waals surface area contributed by atoms with E-state index in [1.165, 1.54) is 18.2 Å². The van der Waals surface area contributed by atoms with E-state index < -0.39 is 17.1 Å². The summed E-state index contributed by atoms with van der Waals surface area (Å²) in [5, 5.41) is 30.6. The van der Waals surface area contributed by atoms with Gasteiger partial charge in [0, 0.05) is 11.4 Å². The van der Waals surface area contributed by atoms with Crippen LogP contribution < -0.4 is 0 Å². The molecule has 17 heavy (non-hydrogen) atoms. The van der Waals surface area contributed by atoms with E-state index >= 15 is 0 Å². The second-order valence-electron chi connectivity index (χ2n) is 3.46. The number of nitro benzene ring substituents is 1. The Morgan fingerprint density at radius 3 is 2.65 bits per heavy atom. The summed E-state index contributed by atoms with van der Waals surface area (Å²) < 4.78 is 0. The molecule has 2 N–H and O–H groups in total. The van der Waals surface area contributed by atoms with Crippen LogP contribution in [0.3, 0.4) is 0 Å². The van der Waals surface area contributed by atoms with Gasteiger partial charge >= 0.3 is 0 Å². The first kappa shape index (κ1) is 14.4. The van der Waals surface area contributed by atoms with Gasteiger partial charge in [-0.15, -0.1) is 0 Å². The van der Waals surface area contributed by atoms with Gasteiger partial charge < -0.3 is 10.2 Å². The first-order valence-corrected chi connectivity index (χ1v) is 6.33. The van der Waals surface area contributed by atoms with E-state index in [-0.39, 0.29) is 16.3 Å². The van der Waals surface area contributed by atoms with Crippen LogP contribution in [0.4, 0.5) is 5.69 Å². The Bertz CT molecular complexity index is 415. The number of benzene rings is 1. The molecule has 1 aromatic carbocycles. The number of rotatable bonds is 5. The zero-order chi connectivity index (χ0) is 13.0. The van der Waals surface area contributed by atoms with Gasteiger partial charge in [0.25, 0.3) is 5.69 Å². The highest BCUT2D eigenvalue weighted by atomic mass is 79.9. The van der Waals surface area contributed by atoms with Gasteiger partial charge in [0.05, 0.1) is 11.0 Å². The molecular formula is C10H11BrClNO4. The molecule has 0 spiro atoms. The zero-order valence-electron chi connectivity index (χ0n) is 8.72. The van der Waals surface area contributed by atoms with E-state index in [1.54, 1.807) is 0 Å². The molecule has 7 heteroatoms. The molecule has 0 aromatic heterocycles. The number of hydrogen-bond acceptors (Lipinski definition) is 4. The largest absolute Gasteiger partial charge is 0.390 e. The highest BCUT2D eigenvalue weighted by molar-refractivity contribution is 9.09. The van der Waals surface area contributed by atoms with Gasteiger partial charge in [-0.2, -0.15) is 0 Å². The van der Waals surface area contributed by atoms with Gasteiger partial charge in [0.2, 0.25) is 0 Å². The molecule has 0 saturated carbocycles. The van der Waals surface area contributed by atoms with Gasteiger partial charge in [0.1, 0.15) is 11.1 Å². The minimum absolute atomic E-state index is 0.000862. The maximum atomic E-state index is 10.7. The Kier molecular flexibility index (Phi) is 5.32. The fourth-order valence-electron chi connectivity index (χ4n) is 1.35. The Morgan fingerprint density at radius 2 is 2.12 bits per heavy atom. The van der Waals surface area contributed by atoms with Crippen LogP contribution in [0.5, 0.6) is 0 Å². The minimum atomic E-state index is -1.16. The third-order valence-corrected chi connectivity index (χ3v) is 3.06. The van der Waals surface area contributed by atoms with E-state index in [2.05, 4.69) is 15.9 Å². The normalized spacial score (nSPS) is 14.4. The first-order valence-electron chi connectivity index (χ1n) is 4.83. The van der Waals surface area contributed by atoms with Gasteiger partial charge in [-0.3, -0.25) is 10.1 Å². The average Bonchev–Trinajstić information content (AvgIpc) is 2.28. The summed E-state index contributed by atoms with van der Waals surface area (Å²) in [6.07, 6.45) is -1.80. The minimum Gasteiger partial charge on any atom is -0.390 e. The number of nitrogens with zero attached hydrogens (tertiary/aromatic N) is 1. The standard InChI is InChI=1S/C10H11BrClNO4/c11-4-3-9(14)10(15)6-1-2-7(12)8(5-6)13(16)17/h1-2,5,9-10,14-15H,3-4H2. The van der Waals surface area contributed by atoms with E-state index in [9.17, 15) is 20.3 Å². The lowest BCUT2D eigenvalue weighted by atomic mass is 10.0. The van der Waals surface area contributed by atoms with Crippen molar-refractivity contribution in [2.24, 2.45) is 0 Å². The van der Waals surface area contributed by atoms with E-state index in [4.69, 9.17) is 11.6 Å². The molecular weight excluding hydrogens is 313 g/mol. The predicted octanol–water partition coefficient (Wildman–Crippen LogP) is 2.43. The van der Waals surface area contributed by atoms with Crippen LogP contribution >= 0.6 is 27.5 Å². The van der Waals surface area contributed by atoms with Crippen LogP contribution in [0.15, 0.2) is 18.2 Å². The smallest absolute Gasteiger partial charge is 0.288 e. The SMILES string of the molecule is O=[N+]([O-])c1cc(C(O)C(O)CCBr)ccc1Cl. The molecule has 0 radical (unpaired) electrons. The zero-order valence-corrected chi connectivity index (χ0v) is 11.1. The van der Waals surface area contributed by atoms with Crippen molar-refractivity contribution in [1.82, 2.24) is 0 Å². The maximum absolute atomic E-state index is 10.7. The fourth-order valence-corrected chi connectivity index (χ4v) is 2.00. The summed E-state index contributed by atoms with van der Waals surface area (Å²) >= 11 is 8.78. The lowest BCUT2D eigenvalue weighted by Crippen LogP contribution is -2.18. The van der Waals surface area contributed by atoms with Crippen LogP contribution in [0.2, 0.25) is 5.02 Å². The Morgan fingerprint density at radius 1 is 1.47 bits per heavy atom. The lowest BCUT2D eigenvalue weighted by Gasteiger charge is -2.17. The Labute approximate surface area is 111 Å². The molecule has 94 valence electrons. The van der Waals surface area contributed by atoms with Gasteiger partial charge in [-0.25, -0.2) is 0 Å². The van der Waals surface area contributed by atoms with Crippen molar-refractivity contribution in [1.29, 1.82) is 0 Å². The fraction of sp³-hybridized carbons (Fsp3) is 0.400. The number of aliphatic hydroxyl groups excluding tert-OH is 2. The monoisotopic (exact) mass is 323 g/mol. The molecule has 0 fully saturated rings. The average molecular weight is 325 g/mol. The molecule has 1 rings (SSSR count). The number of nitro groups is 1. The number of aliphatic hydroxyl groups is 2. The highest BCUT2D eigenvalue weighted by Crippen LogP contribution is 2.29. The third kappa shape index (κ3) is 3.64. The van der Waals surface area contributed by atoms with Crippen LogP contribution in [0, 0.1) is 10.1 Å². The molecule has 0 bridgehead atoms. The second kappa shape index (κ2) is 6.30. The number of hydrogen-bond donors (Lipinski definition) is 2. The number of alkyl halides is 1. The molecule has 1 aromatic rings. The Balaban J connectivity index is 2.99. The summed E-state index contributed by atoms with van der Waals surface area (Å²) in [4.78, 5) is 10.0. The molecule has 5 nitrogen and oxygen atoms in total. The molecule has 2 atom stereocenters. The van der Waals surface area contributed by atoms with Crippen molar-refractivity contribution in [3.05, 3.63) is 38.9 Å². The third-order valence-electron chi connectivity index (χ3n) is 2.28. The van der Waals surface area contributed by atoms with E-state index in [1.807, 2.05) is 0 Å². The summed E-state index contributed by atoms with van der Waals surface area (Å²) in [6.45, 7) is 0. The Hall–Kier alpha value is -0.690. The lowest BCUT2D eigenvalue weighted by molar-refractivity contribution is -0.384. The first-order chi connectivity index (χ1) is 7.97. The summed E-state index contributed by atoms with van der Waals surface area (Å²) in [5.74, 6) is 0. The summed E-state index contributed by atoms with van der Waals surface area (Å²) in [6, 6.07) is 3.96. The summed E-state index contributed by atoms with van der Waals surface area (Å²) in [7, 11) is 0. The predicted molar refractivity (Wildman–Crippen MR) is 67.5 cm³/mol. The maximum Gasteiger partial charge on any atom is 0.288 e. The van der Waals surface area contributed by atoms with Gasteiger partial charge in [0.15, 0.2) is 0 Å². The van der Waals surface area contributed by atoms with Crippen molar-refractivity contribution in [2.75, 3.05) is 5.33 Å². The molecule has 0 aliphatic rings. The molecule has 0 amide bonds. The van der Waals surface area contributed by atoms with Crippen LogP contribution in [0.1, 0.15) is 18.1 Å². The van der Waals surface area contributed by atoms with Crippen LogP contribution in [-0.2, 0) is 0 Å².